The fourth-order valence-electron chi connectivity index (χ4n) is 2.92. The second-order valence-corrected chi connectivity index (χ2v) is 6.83. The zero-order valence-electron chi connectivity index (χ0n) is 15.3. The Bertz CT molecular complexity index is 1190. The van der Waals surface area contributed by atoms with Gasteiger partial charge < -0.3 is 18.3 Å². The van der Waals surface area contributed by atoms with E-state index in [1.165, 1.54) is 6.07 Å². The molecule has 0 amide bonds. The summed E-state index contributed by atoms with van der Waals surface area (Å²) >= 11 is 3.15. The minimum atomic E-state index is -0.653. The smallest absolute Gasteiger partial charge is 0.379 e. The molecule has 4 rings (SSSR count). The molecule has 6 nitrogen and oxygen atoms in total. The quantitative estimate of drug-likeness (QED) is 0.278. The van der Waals surface area contributed by atoms with Crippen LogP contribution in [-0.4, -0.2) is 18.5 Å². The van der Waals surface area contributed by atoms with Crippen molar-refractivity contribution in [1.82, 2.24) is 0 Å². The third-order valence-electron chi connectivity index (χ3n) is 4.16. The van der Waals surface area contributed by atoms with E-state index in [1.54, 1.807) is 31.2 Å². The molecular formula is C22H15BrO6. The normalized spacial score (nSPS) is 10.8. The monoisotopic (exact) mass is 454 g/mol. The Morgan fingerprint density at radius 2 is 1.76 bits per heavy atom. The molecule has 4 aromatic rings. The largest absolute Gasteiger partial charge is 0.462 e. The first kappa shape index (κ1) is 19.0. The Balaban J connectivity index is 1.77. The highest BCUT2D eigenvalue weighted by molar-refractivity contribution is 9.10. The van der Waals surface area contributed by atoms with Gasteiger partial charge in [-0.25, -0.2) is 9.59 Å². The summed E-state index contributed by atoms with van der Waals surface area (Å²) in [4.78, 5) is 24.9. The van der Waals surface area contributed by atoms with Gasteiger partial charge in [-0.05, 0) is 53.2 Å². The fourth-order valence-corrected chi connectivity index (χ4v) is 3.23. The summed E-state index contributed by atoms with van der Waals surface area (Å²) in [6.07, 6.45) is 0. The number of fused-ring (bicyclic) bond motifs is 1. The third-order valence-corrected chi connectivity index (χ3v) is 4.59. The lowest BCUT2D eigenvalue weighted by Crippen LogP contribution is -2.07. The van der Waals surface area contributed by atoms with Gasteiger partial charge in [0.25, 0.3) is 0 Å². The number of hydrogen-bond acceptors (Lipinski definition) is 6. The lowest BCUT2D eigenvalue weighted by atomic mass is 10.1. The van der Waals surface area contributed by atoms with Crippen LogP contribution in [0.4, 0.5) is 0 Å². The number of hydrogen-bond donors (Lipinski definition) is 0. The topological polar surface area (TPSA) is 78.9 Å². The number of esters is 2. The predicted octanol–water partition coefficient (Wildman–Crippen LogP) is 5.85. The van der Waals surface area contributed by atoms with Crippen molar-refractivity contribution < 1.29 is 27.9 Å². The summed E-state index contributed by atoms with van der Waals surface area (Å²) in [6.45, 7) is 1.96. The second kappa shape index (κ2) is 7.97. The van der Waals surface area contributed by atoms with Gasteiger partial charge in [-0.2, -0.15) is 0 Å². The van der Waals surface area contributed by atoms with Crippen molar-refractivity contribution in [3.8, 4) is 17.1 Å². The van der Waals surface area contributed by atoms with Crippen LogP contribution in [0, 0.1) is 0 Å². The standard InChI is InChI=1S/C22H15BrO6/c1-2-26-22(25)19-15-12-14(27-21(24)17-10-11-18(23)28-17)8-9-16(15)29-20(19)13-6-4-3-5-7-13/h3-12H,2H2,1H3. The van der Waals surface area contributed by atoms with Crippen LogP contribution in [-0.2, 0) is 4.74 Å². The zero-order chi connectivity index (χ0) is 20.4. The maximum atomic E-state index is 12.7. The van der Waals surface area contributed by atoms with Crippen molar-refractivity contribution in [2.24, 2.45) is 0 Å². The van der Waals surface area contributed by atoms with E-state index in [-0.39, 0.29) is 23.7 Å². The van der Waals surface area contributed by atoms with Gasteiger partial charge in [0, 0.05) is 10.9 Å². The highest BCUT2D eigenvalue weighted by atomic mass is 79.9. The van der Waals surface area contributed by atoms with E-state index in [9.17, 15) is 9.59 Å². The zero-order valence-corrected chi connectivity index (χ0v) is 16.9. The Labute approximate surface area is 174 Å². The Hall–Kier alpha value is -3.32. The van der Waals surface area contributed by atoms with Crippen molar-refractivity contribution in [1.29, 1.82) is 0 Å². The number of rotatable bonds is 5. The van der Waals surface area contributed by atoms with Crippen LogP contribution in [0.3, 0.4) is 0 Å². The Morgan fingerprint density at radius 3 is 2.45 bits per heavy atom. The van der Waals surface area contributed by atoms with Crippen LogP contribution < -0.4 is 4.74 Å². The summed E-state index contributed by atoms with van der Waals surface area (Å²) in [5.74, 6) is -0.457. The average molecular weight is 455 g/mol. The Morgan fingerprint density at radius 1 is 0.966 bits per heavy atom. The first-order valence-electron chi connectivity index (χ1n) is 8.83. The maximum Gasteiger partial charge on any atom is 0.379 e. The van der Waals surface area contributed by atoms with Gasteiger partial charge >= 0.3 is 11.9 Å². The number of benzene rings is 2. The Kier molecular flexibility index (Phi) is 5.22. The summed E-state index contributed by atoms with van der Waals surface area (Å²) in [6, 6.07) is 17.2. The highest BCUT2D eigenvalue weighted by Crippen LogP contribution is 2.36. The van der Waals surface area contributed by atoms with E-state index in [0.717, 1.165) is 5.56 Å². The first-order valence-corrected chi connectivity index (χ1v) is 9.62. The maximum absolute atomic E-state index is 12.7. The van der Waals surface area contributed by atoms with Gasteiger partial charge in [0.1, 0.15) is 22.7 Å². The van der Waals surface area contributed by atoms with E-state index in [2.05, 4.69) is 15.9 Å². The molecule has 0 radical (unpaired) electrons. The summed E-state index contributed by atoms with van der Waals surface area (Å²) in [7, 11) is 0. The molecule has 0 bridgehead atoms. The second-order valence-electron chi connectivity index (χ2n) is 6.04. The third kappa shape index (κ3) is 3.82. The van der Waals surface area contributed by atoms with Gasteiger partial charge in [0.2, 0.25) is 5.76 Å². The molecule has 2 heterocycles. The molecule has 146 valence electrons. The van der Waals surface area contributed by atoms with Crippen LogP contribution in [0.15, 0.2) is 74.2 Å². The molecule has 0 spiro atoms. The van der Waals surface area contributed by atoms with Gasteiger partial charge in [0.05, 0.1) is 6.61 Å². The van der Waals surface area contributed by atoms with Gasteiger partial charge in [-0.1, -0.05) is 30.3 Å². The van der Waals surface area contributed by atoms with Gasteiger partial charge in [-0.3, -0.25) is 0 Å². The van der Waals surface area contributed by atoms with E-state index < -0.39 is 11.9 Å². The van der Waals surface area contributed by atoms with Crippen LogP contribution in [0.2, 0.25) is 0 Å². The molecule has 0 saturated heterocycles. The summed E-state index contributed by atoms with van der Waals surface area (Å²) in [5, 5.41) is 0.494. The first-order chi connectivity index (χ1) is 14.1. The molecule has 0 N–H and O–H groups in total. The average Bonchev–Trinajstić information content (AvgIpc) is 3.32. The van der Waals surface area contributed by atoms with E-state index >= 15 is 0 Å². The molecule has 0 aliphatic heterocycles. The van der Waals surface area contributed by atoms with Crippen molar-refractivity contribution >= 4 is 38.8 Å². The SMILES string of the molecule is CCOC(=O)c1c(-c2ccccc2)oc2ccc(OC(=O)c3ccc(Br)o3)cc12. The van der Waals surface area contributed by atoms with E-state index in [0.29, 0.717) is 21.4 Å². The summed E-state index contributed by atoms with van der Waals surface area (Å²) in [5.41, 5.74) is 1.50. The molecule has 29 heavy (non-hydrogen) atoms. The molecular weight excluding hydrogens is 440 g/mol. The van der Waals surface area contributed by atoms with E-state index in [4.69, 9.17) is 18.3 Å². The lowest BCUT2D eigenvalue weighted by molar-refractivity contribution is 0.0528. The molecule has 2 aromatic heterocycles. The van der Waals surface area contributed by atoms with Gasteiger partial charge in [-0.15, -0.1) is 0 Å². The van der Waals surface area contributed by atoms with Crippen molar-refractivity contribution in [2.45, 2.75) is 6.92 Å². The molecule has 0 aliphatic carbocycles. The highest BCUT2D eigenvalue weighted by Gasteiger charge is 2.24. The number of carbonyl (C=O) groups excluding carboxylic acids is 2. The molecule has 0 fully saturated rings. The minimum absolute atomic E-state index is 0.0553. The molecule has 0 aliphatic rings. The lowest BCUT2D eigenvalue weighted by Gasteiger charge is -2.04. The fraction of sp³-hybridized carbons (Fsp3) is 0.0909. The molecule has 0 atom stereocenters. The number of furan rings is 2. The van der Waals surface area contributed by atoms with Crippen molar-refractivity contribution in [3.63, 3.8) is 0 Å². The van der Waals surface area contributed by atoms with Crippen molar-refractivity contribution in [3.05, 3.63) is 76.7 Å². The van der Waals surface area contributed by atoms with Crippen molar-refractivity contribution in [2.75, 3.05) is 6.61 Å². The van der Waals surface area contributed by atoms with Crippen LogP contribution in [0.25, 0.3) is 22.3 Å². The van der Waals surface area contributed by atoms with Crippen LogP contribution in [0.1, 0.15) is 27.8 Å². The molecule has 0 unspecified atom stereocenters. The molecule has 7 heteroatoms. The number of ether oxygens (including phenoxy) is 2. The number of halogens is 1. The summed E-state index contributed by atoms with van der Waals surface area (Å²) < 4.78 is 22.2. The number of carbonyl (C=O) groups is 2. The van der Waals surface area contributed by atoms with Crippen LogP contribution in [0.5, 0.6) is 5.75 Å². The van der Waals surface area contributed by atoms with Crippen LogP contribution >= 0.6 is 15.9 Å². The van der Waals surface area contributed by atoms with Gasteiger partial charge in [0.15, 0.2) is 4.67 Å². The molecule has 2 aromatic carbocycles. The predicted molar refractivity (Wildman–Crippen MR) is 109 cm³/mol. The minimum Gasteiger partial charge on any atom is -0.462 e. The van der Waals surface area contributed by atoms with E-state index in [1.807, 2.05) is 30.3 Å². The molecule has 0 saturated carbocycles.